The maximum atomic E-state index is 13.9. The number of likely N-dealkylation sites (tertiary alicyclic amines) is 1. The smallest absolute Gasteiger partial charge is 0.351 e. The summed E-state index contributed by atoms with van der Waals surface area (Å²) in [5.41, 5.74) is 4.00. The highest BCUT2D eigenvalue weighted by Crippen LogP contribution is 2.46. The van der Waals surface area contributed by atoms with Crippen LogP contribution in [0.4, 0.5) is 29.3 Å². The van der Waals surface area contributed by atoms with E-state index >= 15 is 0 Å². The van der Waals surface area contributed by atoms with Crippen LogP contribution >= 0.6 is 0 Å². The molecule has 2 aromatic rings. The van der Waals surface area contributed by atoms with Crippen LogP contribution < -0.4 is 16.4 Å². The lowest BCUT2D eigenvalue weighted by Gasteiger charge is -2.30. The van der Waals surface area contributed by atoms with Crippen LogP contribution in [0.2, 0.25) is 0 Å². The number of alkyl halides is 3. The van der Waals surface area contributed by atoms with Gasteiger partial charge in [0.25, 0.3) is 0 Å². The van der Waals surface area contributed by atoms with Crippen LogP contribution in [0.3, 0.4) is 0 Å². The molecule has 0 aromatic heterocycles. The Balaban J connectivity index is 1.73. The van der Waals surface area contributed by atoms with Crippen molar-refractivity contribution in [3.05, 3.63) is 60.2 Å². The van der Waals surface area contributed by atoms with Gasteiger partial charge in [0.2, 0.25) is 5.91 Å². The van der Waals surface area contributed by atoms with Crippen molar-refractivity contribution in [3.63, 3.8) is 0 Å². The van der Waals surface area contributed by atoms with Gasteiger partial charge in [0.1, 0.15) is 0 Å². The molecule has 1 unspecified atom stereocenters. The van der Waals surface area contributed by atoms with E-state index in [9.17, 15) is 22.8 Å². The number of amides is 3. The average molecular weight is 406 g/mol. The second-order valence-electron chi connectivity index (χ2n) is 7.05. The first-order valence-electron chi connectivity index (χ1n) is 9.01. The Morgan fingerprint density at radius 2 is 1.59 bits per heavy atom. The molecule has 3 rings (SSSR count). The van der Waals surface area contributed by atoms with Crippen molar-refractivity contribution >= 4 is 23.3 Å². The van der Waals surface area contributed by atoms with Gasteiger partial charge in [-0.2, -0.15) is 13.2 Å². The third-order valence-electron chi connectivity index (χ3n) is 4.98. The van der Waals surface area contributed by atoms with E-state index < -0.39 is 30.1 Å². The Kier molecular flexibility index (Phi) is 5.78. The average Bonchev–Trinajstić information content (AvgIpc) is 3.09. The lowest BCUT2D eigenvalue weighted by molar-refractivity contribution is -0.215. The van der Waals surface area contributed by atoms with Gasteiger partial charge in [-0.25, -0.2) is 4.79 Å². The van der Waals surface area contributed by atoms with E-state index in [1.54, 1.807) is 4.90 Å². The molecule has 0 radical (unpaired) electrons. The van der Waals surface area contributed by atoms with Crippen molar-refractivity contribution in [2.75, 3.05) is 23.7 Å². The van der Waals surface area contributed by atoms with Crippen molar-refractivity contribution in [1.29, 1.82) is 0 Å². The van der Waals surface area contributed by atoms with E-state index in [1.807, 2.05) is 30.3 Å². The Labute approximate surface area is 165 Å². The summed E-state index contributed by atoms with van der Waals surface area (Å²) in [6.07, 6.45) is -4.99. The molecule has 29 heavy (non-hydrogen) atoms. The van der Waals surface area contributed by atoms with Gasteiger partial charge in [0.05, 0.1) is 0 Å². The molecule has 154 valence electrons. The molecule has 1 saturated heterocycles. The van der Waals surface area contributed by atoms with E-state index in [2.05, 4.69) is 10.6 Å². The number of nitrogens with two attached hydrogens (primary N) is 1. The summed E-state index contributed by atoms with van der Waals surface area (Å²) >= 11 is 0. The molecule has 4 N–H and O–H groups in total. The minimum absolute atomic E-state index is 0.170. The zero-order chi connectivity index (χ0) is 21.1. The second kappa shape index (κ2) is 8.12. The highest BCUT2D eigenvalue weighted by molar-refractivity contribution is 5.97. The van der Waals surface area contributed by atoms with Crippen LogP contribution in [-0.4, -0.2) is 36.1 Å². The van der Waals surface area contributed by atoms with Gasteiger partial charge in [-0.3, -0.25) is 9.69 Å². The van der Waals surface area contributed by atoms with Crippen molar-refractivity contribution < 1.29 is 22.8 Å². The quantitative estimate of drug-likeness (QED) is 0.709. The molecule has 3 amide bonds. The van der Waals surface area contributed by atoms with Crippen LogP contribution in [0.25, 0.3) is 0 Å². The molecule has 0 bridgehead atoms. The molecule has 9 heteroatoms. The lowest BCUT2D eigenvalue weighted by Crippen LogP contribution is -2.49. The van der Waals surface area contributed by atoms with Gasteiger partial charge >= 0.3 is 12.2 Å². The largest absolute Gasteiger partial charge is 0.404 e. The zero-order valence-electron chi connectivity index (χ0n) is 15.5. The molecule has 1 heterocycles. The number of carbonyl (C=O) groups excluding carboxylic acids is 2. The summed E-state index contributed by atoms with van der Waals surface area (Å²) < 4.78 is 41.8. The van der Waals surface area contributed by atoms with Crippen LogP contribution in [0.1, 0.15) is 12.0 Å². The first-order chi connectivity index (χ1) is 13.7. The summed E-state index contributed by atoms with van der Waals surface area (Å²) in [6.45, 7) is 0.112. The fourth-order valence-electron chi connectivity index (χ4n) is 3.44. The fourth-order valence-corrected chi connectivity index (χ4v) is 3.44. The Hall–Kier alpha value is -3.07. The number of nitrogens with one attached hydrogen (secondary N) is 2. The number of hydrogen-bond donors (Lipinski definition) is 3. The number of hydrogen-bond acceptors (Lipinski definition) is 3. The monoisotopic (exact) mass is 406 g/mol. The van der Waals surface area contributed by atoms with Gasteiger partial charge < -0.3 is 16.4 Å². The predicted octanol–water partition coefficient (Wildman–Crippen LogP) is 3.57. The SMILES string of the molecule is NC(=O)Nc1ccc(NC(=O)C2(C(F)(F)F)CCN(Cc3ccccc3)C2)cc1. The minimum atomic E-state index is -4.68. The van der Waals surface area contributed by atoms with Crippen molar-refractivity contribution in [1.82, 2.24) is 4.90 Å². The second-order valence-corrected chi connectivity index (χ2v) is 7.05. The van der Waals surface area contributed by atoms with E-state index in [0.29, 0.717) is 12.2 Å². The van der Waals surface area contributed by atoms with E-state index in [1.165, 1.54) is 24.3 Å². The maximum absolute atomic E-state index is 13.9. The van der Waals surface area contributed by atoms with Crippen LogP contribution in [0.15, 0.2) is 54.6 Å². The molecule has 0 aliphatic carbocycles. The van der Waals surface area contributed by atoms with Gasteiger partial charge in [-0.1, -0.05) is 30.3 Å². The molecule has 0 spiro atoms. The number of primary amides is 1. The highest BCUT2D eigenvalue weighted by atomic mass is 19.4. The minimum Gasteiger partial charge on any atom is -0.351 e. The van der Waals surface area contributed by atoms with Gasteiger partial charge in [-0.05, 0) is 42.8 Å². The number of halogens is 3. The number of nitrogens with zero attached hydrogens (tertiary/aromatic N) is 1. The molecular weight excluding hydrogens is 385 g/mol. The predicted molar refractivity (Wildman–Crippen MR) is 103 cm³/mol. The van der Waals surface area contributed by atoms with Crippen LogP contribution in [-0.2, 0) is 11.3 Å². The van der Waals surface area contributed by atoms with Crippen LogP contribution in [0.5, 0.6) is 0 Å². The summed E-state index contributed by atoms with van der Waals surface area (Å²) in [5.74, 6) is -1.09. The third kappa shape index (κ3) is 4.68. The molecule has 1 fully saturated rings. The van der Waals surface area contributed by atoms with Crippen molar-refractivity contribution in [2.24, 2.45) is 11.1 Å². The van der Waals surface area contributed by atoms with Crippen LogP contribution in [0, 0.1) is 5.41 Å². The molecule has 1 atom stereocenters. The number of rotatable bonds is 5. The Morgan fingerprint density at radius 3 is 2.14 bits per heavy atom. The molecular formula is C20H21F3N4O2. The lowest BCUT2D eigenvalue weighted by atomic mass is 9.85. The summed E-state index contributed by atoms with van der Waals surface area (Å²) in [5, 5.41) is 4.71. The highest BCUT2D eigenvalue weighted by Gasteiger charge is 2.62. The van der Waals surface area contributed by atoms with Gasteiger partial charge in [-0.15, -0.1) is 0 Å². The standard InChI is InChI=1S/C20H21F3N4O2/c21-20(22,23)19(10-11-27(13-19)12-14-4-2-1-3-5-14)17(28)25-15-6-8-16(9-7-15)26-18(24)29/h1-9H,10-13H2,(H,25,28)(H3,24,26,29). The number of benzene rings is 2. The molecule has 6 nitrogen and oxygen atoms in total. The molecule has 2 aromatic carbocycles. The van der Waals surface area contributed by atoms with Crippen molar-refractivity contribution in [2.45, 2.75) is 19.1 Å². The normalized spacial score (nSPS) is 19.7. The topological polar surface area (TPSA) is 87.5 Å². The number of carbonyl (C=O) groups is 2. The summed E-state index contributed by atoms with van der Waals surface area (Å²) in [4.78, 5) is 25.2. The fraction of sp³-hybridized carbons (Fsp3) is 0.300. The van der Waals surface area contributed by atoms with E-state index in [-0.39, 0.29) is 18.7 Å². The first-order valence-corrected chi connectivity index (χ1v) is 9.01. The Morgan fingerprint density at radius 1 is 1.00 bits per heavy atom. The Bertz CT molecular complexity index is 872. The van der Waals surface area contributed by atoms with Crippen molar-refractivity contribution in [3.8, 4) is 0 Å². The summed E-state index contributed by atoms with van der Waals surface area (Å²) in [6, 6.07) is 14.1. The zero-order valence-corrected chi connectivity index (χ0v) is 15.5. The molecule has 1 aliphatic rings. The summed E-state index contributed by atoms with van der Waals surface area (Å²) in [7, 11) is 0. The van der Waals surface area contributed by atoms with Gasteiger partial charge in [0, 0.05) is 24.5 Å². The third-order valence-corrected chi connectivity index (χ3v) is 4.98. The van der Waals surface area contributed by atoms with E-state index in [0.717, 1.165) is 5.56 Å². The number of anilines is 2. The maximum Gasteiger partial charge on any atom is 0.404 e. The molecule has 1 aliphatic heterocycles. The first kappa shape index (κ1) is 20.7. The number of urea groups is 1. The molecule has 0 saturated carbocycles. The van der Waals surface area contributed by atoms with Gasteiger partial charge in [0.15, 0.2) is 5.41 Å². The van der Waals surface area contributed by atoms with E-state index in [4.69, 9.17) is 5.73 Å².